The van der Waals surface area contributed by atoms with Crippen molar-refractivity contribution in [1.29, 1.82) is 0 Å². The van der Waals surface area contributed by atoms with E-state index in [1.54, 1.807) is 11.0 Å². The van der Waals surface area contributed by atoms with Gasteiger partial charge in [0.1, 0.15) is 6.61 Å². The molecule has 1 N–H and O–H groups in total. The number of hydrogen-bond donors (Lipinski definition) is 1. The Morgan fingerprint density at radius 2 is 2.04 bits per heavy atom. The summed E-state index contributed by atoms with van der Waals surface area (Å²) in [5.41, 5.74) is 1.74. The van der Waals surface area contributed by atoms with Crippen molar-refractivity contribution >= 4 is 23.3 Å². The van der Waals surface area contributed by atoms with Gasteiger partial charge in [0.25, 0.3) is 5.91 Å². The molecule has 0 radical (unpaired) electrons. The normalized spacial score (nSPS) is 10.3. The first-order chi connectivity index (χ1) is 12.6. The van der Waals surface area contributed by atoms with E-state index in [4.69, 9.17) is 9.47 Å². The third-order valence-electron chi connectivity index (χ3n) is 3.90. The molecule has 144 valence electrons. The molecule has 26 heavy (non-hydrogen) atoms. The number of carbonyl (C=O) groups excluding carboxylic acids is 2. The summed E-state index contributed by atoms with van der Waals surface area (Å²) < 4.78 is 10.1. The number of likely N-dealkylation sites (N-methyl/N-ethyl adjacent to an activating group) is 1. The average Bonchev–Trinajstić information content (AvgIpc) is 2.66. The Morgan fingerprint density at radius 1 is 1.27 bits per heavy atom. The lowest BCUT2D eigenvalue weighted by Gasteiger charge is -2.24. The van der Waals surface area contributed by atoms with Gasteiger partial charge in [0.05, 0.1) is 18.4 Å². The fraction of sp³-hybridized carbons (Fsp3) is 0.500. The van der Waals surface area contributed by atoms with Crippen molar-refractivity contribution in [3.63, 3.8) is 0 Å². The van der Waals surface area contributed by atoms with Gasteiger partial charge in [-0.15, -0.1) is 6.58 Å². The van der Waals surface area contributed by atoms with Gasteiger partial charge in [0.15, 0.2) is 0 Å². The molecule has 6 heteroatoms. The van der Waals surface area contributed by atoms with Crippen LogP contribution in [0.3, 0.4) is 0 Å². The lowest BCUT2D eigenvalue weighted by atomic mass is 10.1. The van der Waals surface area contributed by atoms with Crippen molar-refractivity contribution in [3.8, 4) is 0 Å². The summed E-state index contributed by atoms with van der Waals surface area (Å²) in [5.74, 6) is -0.664. The molecule has 1 aromatic rings. The molecule has 0 spiro atoms. The molecule has 1 amide bonds. The Hall–Kier alpha value is -2.34. The fourth-order valence-corrected chi connectivity index (χ4v) is 2.54. The van der Waals surface area contributed by atoms with Gasteiger partial charge in [-0.25, -0.2) is 4.79 Å². The average molecular weight is 362 g/mol. The molecular formula is C20H30N2O4. The van der Waals surface area contributed by atoms with Crippen molar-refractivity contribution in [2.75, 3.05) is 43.6 Å². The van der Waals surface area contributed by atoms with Crippen molar-refractivity contribution < 1.29 is 19.1 Å². The van der Waals surface area contributed by atoms with Crippen LogP contribution >= 0.6 is 0 Å². The molecule has 0 bridgehead atoms. The molecule has 6 nitrogen and oxygen atoms in total. The zero-order valence-electron chi connectivity index (χ0n) is 16.0. The number of unbranched alkanes of at least 4 members (excludes halogenated alkanes) is 2. The second-order valence-electron chi connectivity index (χ2n) is 5.71. The maximum absolute atomic E-state index is 12.5. The van der Waals surface area contributed by atoms with Gasteiger partial charge in [0.2, 0.25) is 0 Å². The summed E-state index contributed by atoms with van der Waals surface area (Å²) in [6.07, 6.45) is 4.98. The second kappa shape index (κ2) is 12.1. The molecule has 0 saturated carbocycles. The molecule has 0 unspecified atom stereocenters. The fourth-order valence-electron chi connectivity index (χ4n) is 2.54. The monoisotopic (exact) mass is 362 g/mol. The van der Waals surface area contributed by atoms with Crippen LogP contribution in [0.1, 0.15) is 43.5 Å². The van der Waals surface area contributed by atoms with Gasteiger partial charge in [-0.3, -0.25) is 4.79 Å². The zero-order chi connectivity index (χ0) is 19.4. The SMILES string of the molecule is C=CCCCCNc1ccc(C(=O)OC)c(N(CC)C(=O)COCC)c1. The van der Waals surface area contributed by atoms with Crippen molar-refractivity contribution in [3.05, 3.63) is 36.4 Å². The van der Waals surface area contributed by atoms with Crippen LogP contribution in [0, 0.1) is 0 Å². The van der Waals surface area contributed by atoms with E-state index in [0.717, 1.165) is 31.5 Å². The first kappa shape index (κ1) is 21.7. The minimum atomic E-state index is -0.472. The number of allylic oxidation sites excluding steroid dienone is 1. The lowest BCUT2D eigenvalue weighted by Crippen LogP contribution is -2.35. The van der Waals surface area contributed by atoms with Gasteiger partial charge in [0, 0.05) is 25.4 Å². The quantitative estimate of drug-likeness (QED) is 0.349. The summed E-state index contributed by atoms with van der Waals surface area (Å²) in [7, 11) is 1.33. The first-order valence-electron chi connectivity index (χ1n) is 9.04. The number of nitrogens with one attached hydrogen (secondary N) is 1. The highest BCUT2D eigenvalue weighted by Gasteiger charge is 2.21. The Labute approximate surface area is 156 Å². The van der Waals surface area contributed by atoms with Crippen LogP contribution in [0.4, 0.5) is 11.4 Å². The molecule has 1 aromatic carbocycles. The number of hydrogen-bond acceptors (Lipinski definition) is 5. The van der Waals surface area contributed by atoms with E-state index < -0.39 is 5.97 Å². The van der Waals surface area contributed by atoms with Crippen LogP contribution < -0.4 is 10.2 Å². The number of amides is 1. The maximum atomic E-state index is 12.5. The van der Waals surface area contributed by atoms with Crippen LogP contribution in [-0.2, 0) is 14.3 Å². The molecule has 0 heterocycles. The third kappa shape index (κ3) is 6.52. The Bertz CT molecular complexity index is 601. The molecule has 0 atom stereocenters. The molecular weight excluding hydrogens is 332 g/mol. The van der Waals surface area contributed by atoms with Gasteiger partial charge < -0.3 is 19.7 Å². The number of benzene rings is 1. The summed E-state index contributed by atoms with van der Waals surface area (Å²) in [6, 6.07) is 5.32. The van der Waals surface area contributed by atoms with E-state index in [2.05, 4.69) is 11.9 Å². The van der Waals surface area contributed by atoms with Crippen LogP contribution in [0.25, 0.3) is 0 Å². The summed E-state index contributed by atoms with van der Waals surface area (Å²) in [4.78, 5) is 26.1. The summed E-state index contributed by atoms with van der Waals surface area (Å²) in [6.45, 7) is 9.08. The minimum Gasteiger partial charge on any atom is -0.465 e. The number of carbonyl (C=O) groups is 2. The molecule has 0 fully saturated rings. The van der Waals surface area contributed by atoms with Crippen LogP contribution in [0.15, 0.2) is 30.9 Å². The van der Waals surface area contributed by atoms with E-state index in [1.165, 1.54) is 7.11 Å². The maximum Gasteiger partial charge on any atom is 0.339 e. The molecule has 0 aliphatic carbocycles. The number of anilines is 2. The largest absolute Gasteiger partial charge is 0.465 e. The topological polar surface area (TPSA) is 67.9 Å². The third-order valence-corrected chi connectivity index (χ3v) is 3.90. The minimum absolute atomic E-state index is 0.0236. The highest BCUT2D eigenvalue weighted by Crippen LogP contribution is 2.26. The Balaban J connectivity index is 3.01. The summed E-state index contributed by atoms with van der Waals surface area (Å²) in [5, 5.41) is 3.33. The second-order valence-corrected chi connectivity index (χ2v) is 5.71. The van der Waals surface area contributed by atoms with Crippen LogP contribution in [0.2, 0.25) is 0 Å². The smallest absolute Gasteiger partial charge is 0.339 e. The van der Waals surface area contributed by atoms with E-state index in [0.29, 0.717) is 24.4 Å². The first-order valence-corrected chi connectivity index (χ1v) is 9.04. The lowest BCUT2D eigenvalue weighted by molar-refractivity contribution is -0.122. The van der Waals surface area contributed by atoms with Gasteiger partial charge in [-0.2, -0.15) is 0 Å². The zero-order valence-corrected chi connectivity index (χ0v) is 16.0. The molecule has 0 aliphatic heterocycles. The van der Waals surface area contributed by atoms with Crippen LogP contribution in [0.5, 0.6) is 0 Å². The van der Waals surface area contributed by atoms with E-state index in [9.17, 15) is 9.59 Å². The van der Waals surface area contributed by atoms with Crippen molar-refractivity contribution in [1.82, 2.24) is 0 Å². The molecule has 0 saturated heterocycles. The van der Waals surface area contributed by atoms with Gasteiger partial charge in [-0.1, -0.05) is 6.08 Å². The van der Waals surface area contributed by atoms with Crippen molar-refractivity contribution in [2.45, 2.75) is 33.1 Å². The summed E-state index contributed by atoms with van der Waals surface area (Å²) >= 11 is 0. The molecule has 1 rings (SSSR count). The van der Waals surface area contributed by atoms with E-state index >= 15 is 0 Å². The highest BCUT2D eigenvalue weighted by atomic mass is 16.5. The number of methoxy groups -OCH3 is 1. The van der Waals surface area contributed by atoms with E-state index in [1.807, 2.05) is 32.1 Å². The molecule has 0 aliphatic rings. The Kier molecular flexibility index (Phi) is 10.1. The predicted octanol–water partition coefficient (Wildman–Crippen LogP) is 3.63. The van der Waals surface area contributed by atoms with Crippen LogP contribution in [-0.4, -0.2) is 45.3 Å². The number of rotatable bonds is 12. The number of esters is 1. The van der Waals surface area contributed by atoms with E-state index in [-0.39, 0.29) is 12.5 Å². The van der Waals surface area contributed by atoms with Gasteiger partial charge in [-0.05, 0) is 51.3 Å². The highest BCUT2D eigenvalue weighted by molar-refractivity contribution is 6.03. The Morgan fingerprint density at radius 3 is 2.65 bits per heavy atom. The number of ether oxygens (including phenoxy) is 2. The standard InChI is InChI=1S/C20H30N2O4/c1-5-8-9-10-13-21-16-11-12-17(20(24)25-4)18(14-16)22(6-2)19(23)15-26-7-3/h5,11-12,14,21H,1,6-10,13,15H2,2-4H3. The number of nitrogens with zero attached hydrogens (tertiary/aromatic N) is 1. The molecule has 0 aromatic heterocycles. The van der Waals surface area contributed by atoms with Crippen molar-refractivity contribution in [2.24, 2.45) is 0 Å². The predicted molar refractivity (Wildman–Crippen MR) is 105 cm³/mol. The van der Waals surface area contributed by atoms with Gasteiger partial charge >= 0.3 is 5.97 Å².